The van der Waals surface area contributed by atoms with Crippen molar-refractivity contribution >= 4 is 11.4 Å². The number of nitrogens with one attached hydrogen (secondary N) is 1. The summed E-state index contributed by atoms with van der Waals surface area (Å²) in [7, 11) is 0. The van der Waals surface area contributed by atoms with Crippen LogP contribution in [0.4, 0.5) is 0 Å². The standard InChI is InChI=1S/C19H17N5O3/c1-13(14-6-3-2-4-7-14)21-18(25)11-23-19(26)16-10-15(17-8-5-9-27-17)22-24(16)12-20-23/h2-10,12-13H,11H2,1H3,(H,21,25)/t13-/m0/s1. The summed E-state index contributed by atoms with van der Waals surface area (Å²) in [6.07, 6.45) is 2.94. The van der Waals surface area contributed by atoms with Gasteiger partial charge in [0.05, 0.1) is 12.3 Å². The van der Waals surface area contributed by atoms with Crippen LogP contribution in [0.5, 0.6) is 0 Å². The van der Waals surface area contributed by atoms with Crippen molar-refractivity contribution in [2.45, 2.75) is 19.5 Å². The van der Waals surface area contributed by atoms with Crippen LogP contribution in [0.1, 0.15) is 18.5 Å². The van der Waals surface area contributed by atoms with E-state index < -0.39 is 5.56 Å². The van der Waals surface area contributed by atoms with Gasteiger partial charge in [-0.1, -0.05) is 30.3 Å². The van der Waals surface area contributed by atoms with Crippen molar-refractivity contribution in [2.75, 3.05) is 0 Å². The molecular formula is C19H17N5O3. The molecular weight excluding hydrogens is 346 g/mol. The first-order valence-electron chi connectivity index (χ1n) is 8.45. The van der Waals surface area contributed by atoms with Gasteiger partial charge in [0.25, 0.3) is 5.56 Å². The molecule has 8 nitrogen and oxygen atoms in total. The van der Waals surface area contributed by atoms with E-state index >= 15 is 0 Å². The van der Waals surface area contributed by atoms with Crippen molar-refractivity contribution in [3.8, 4) is 11.5 Å². The van der Waals surface area contributed by atoms with Crippen LogP contribution in [0.15, 0.2) is 70.3 Å². The van der Waals surface area contributed by atoms with E-state index in [-0.39, 0.29) is 18.5 Å². The number of furan rings is 1. The van der Waals surface area contributed by atoms with E-state index in [2.05, 4.69) is 15.5 Å². The van der Waals surface area contributed by atoms with E-state index in [1.165, 1.54) is 17.1 Å². The minimum atomic E-state index is -0.398. The second-order valence-corrected chi connectivity index (χ2v) is 6.13. The maximum Gasteiger partial charge on any atom is 0.293 e. The normalized spacial score (nSPS) is 12.2. The van der Waals surface area contributed by atoms with E-state index in [1.807, 2.05) is 37.3 Å². The Bertz CT molecular complexity index is 1130. The van der Waals surface area contributed by atoms with Crippen molar-refractivity contribution in [3.05, 3.63) is 77.0 Å². The summed E-state index contributed by atoms with van der Waals surface area (Å²) in [6, 6.07) is 14.6. The van der Waals surface area contributed by atoms with Crippen LogP contribution in [0, 0.1) is 0 Å². The molecule has 0 aliphatic rings. The Morgan fingerprint density at radius 1 is 1.22 bits per heavy atom. The van der Waals surface area contributed by atoms with Gasteiger partial charge in [0.1, 0.15) is 24.1 Å². The Balaban J connectivity index is 1.54. The molecule has 0 saturated carbocycles. The van der Waals surface area contributed by atoms with Gasteiger partial charge >= 0.3 is 0 Å². The first-order chi connectivity index (χ1) is 13.1. The van der Waals surface area contributed by atoms with Crippen LogP contribution in [-0.2, 0) is 11.3 Å². The summed E-state index contributed by atoms with van der Waals surface area (Å²) >= 11 is 0. The summed E-state index contributed by atoms with van der Waals surface area (Å²) in [6.45, 7) is 1.72. The predicted octanol–water partition coefficient (Wildman–Crippen LogP) is 2.03. The van der Waals surface area contributed by atoms with E-state index in [4.69, 9.17) is 4.42 Å². The molecule has 0 unspecified atom stereocenters. The number of carbonyl (C=O) groups excluding carboxylic acids is 1. The minimum absolute atomic E-state index is 0.168. The topological polar surface area (TPSA) is 94.4 Å². The van der Waals surface area contributed by atoms with Gasteiger partial charge < -0.3 is 9.73 Å². The zero-order chi connectivity index (χ0) is 18.8. The van der Waals surface area contributed by atoms with Gasteiger partial charge in [-0.3, -0.25) is 9.59 Å². The fraction of sp³-hybridized carbons (Fsp3) is 0.158. The lowest BCUT2D eigenvalue weighted by Crippen LogP contribution is -2.35. The Morgan fingerprint density at radius 3 is 2.78 bits per heavy atom. The number of aromatic nitrogens is 4. The van der Waals surface area contributed by atoms with Crippen LogP contribution >= 0.6 is 0 Å². The Morgan fingerprint density at radius 2 is 2.04 bits per heavy atom. The van der Waals surface area contributed by atoms with Gasteiger partial charge in [0.15, 0.2) is 5.76 Å². The Labute approximate surface area is 154 Å². The number of carbonyl (C=O) groups is 1. The molecule has 1 N–H and O–H groups in total. The zero-order valence-corrected chi connectivity index (χ0v) is 14.6. The number of hydrogen-bond donors (Lipinski definition) is 1. The van der Waals surface area contributed by atoms with Gasteiger partial charge in [-0.05, 0) is 24.6 Å². The predicted molar refractivity (Wildman–Crippen MR) is 97.9 cm³/mol. The van der Waals surface area contributed by atoms with Crippen molar-refractivity contribution in [3.63, 3.8) is 0 Å². The van der Waals surface area contributed by atoms with Gasteiger partial charge in [0, 0.05) is 6.07 Å². The maximum absolute atomic E-state index is 12.6. The molecule has 8 heteroatoms. The number of nitrogens with zero attached hydrogens (tertiary/aromatic N) is 4. The highest BCUT2D eigenvalue weighted by atomic mass is 16.3. The van der Waals surface area contributed by atoms with E-state index in [0.717, 1.165) is 10.2 Å². The first kappa shape index (κ1) is 16.8. The molecule has 1 amide bonds. The van der Waals surface area contributed by atoms with Crippen LogP contribution in [0.3, 0.4) is 0 Å². The van der Waals surface area contributed by atoms with Gasteiger partial charge in [0.2, 0.25) is 5.91 Å². The maximum atomic E-state index is 12.6. The molecule has 1 aromatic carbocycles. The quantitative estimate of drug-likeness (QED) is 0.585. The van der Waals surface area contributed by atoms with E-state index in [1.54, 1.807) is 18.2 Å². The highest BCUT2D eigenvalue weighted by Gasteiger charge is 2.15. The summed E-state index contributed by atoms with van der Waals surface area (Å²) in [5.41, 5.74) is 1.44. The van der Waals surface area contributed by atoms with E-state index in [0.29, 0.717) is 17.0 Å². The third kappa shape index (κ3) is 3.37. The largest absolute Gasteiger partial charge is 0.463 e. The van der Waals surface area contributed by atoms with Crippen molar-refractivity contribution in [1.29, 1.82) is 0 Å². The molecule has 3 aromatic heterocycles. The Kier molecular flexibility index (Phi) is 4.29. The SMILES string of the molecule is C[C@H](NC(=O)Cn1ncn2nc(-c3ccco3)cc2c1=O)c1ccccc1. The lowest BCUT2D eigenvalue weighted by molar-refractivity contribution is -0.122. The molecule has 0 radical (unpaired) electrons. The van der Waals surface area contributed by atoms with Crippen LogP contribution in [-0.4, -0.2) is 25.3 Å². The zero-order valence-electron chi connectivity index (χ0n) is 14.6. The monoisotopic (exact) mass is 363 g/mol. The van der Waals surface area contributed by atoms with Crippen molar-refractivity contribution < 1.29 is 9.21 Å². The molecule has 0 saturated heterocycles. The molecule has 1 atom stereocenters. The third-order valence-electron chi connectivity index (χ3n) is 4.23. The minimum Gasteiger partial charge on any atom is -0.463 e. The number of fused-ring (bicyclic) bond motifs is 1. The molecule has 0 aliphatic heterocycles. The number of rotatable bonds is 5. The molecule has 0 spiro atoms. The average Bonchev–Trinajstić information content (AvgIpc) is 3.34. The van der Waals surface area contributed by atoms with Crippen molar-refractivity contribution in [2.24, 2.45) is 0 Å². The summed E-state index contributed by atoms with van der Waals surface area (Å²) in [5.74, 6) is 0.259. The highest BCUT2D eigenvalue weighted by molar-refractivity contribution is 5.76. The van der Waals surface area contributed by atoms with Crippen LogP contribution in [0.2, 0.25) is 0 Å². The second kappa shape index (κ2) is 6.91. The van der Waals surface area contributed by atoms with Gasteiger partial charge in [-0.2, -0.15) is 10.2 Å². The van der Waals surface area contributed by atoms with Crippen molar-refractivity contribution in [1.82, 2.24) is 24.7 Å². The fourth-order valence-corrected chi connectivity index (χ4v) is 2.84. The average molecular weight is 363 g/mol. The lowest BCUT2D eigenvalue weighted by Gasteiger charge is -2.14. The fourth-order valence-electron chi connectivity index (χ4n) is 2.84. The molecule has 136 valence electrons. The van der Waals surface area contributed by atoms with Gasteiger partial charge in [-0.15, -0.1) is 0 Å². The summed E-state index contributed by atoms with van der Waals surface area (Å²) in [5, 5.41) is 11.2. The van der Waals surface area contributed by atoms with Crippen LogP contribution in [0.25, 0.3) is 17.0 Å². The van der Waals surface area contributed by atoms with E-state index in [9.17, 15) is 9.59 Å². The molecule has 4 aromatic rings. The molecule has 0 bridgehead atoms. The number of benzene rings is 1. The van der Waals surface area contributed by atoms with Crippen LogP contribution < -0.4 is 10.9 Å². The third-order valence-corrected chi connectivity index (χ3v) is 4.23. The molecule has 3 heterocycles. The second-order valence-electron chi connectivity index (χ2n) is 6.13. The summed E-state index contributed by atoms with van der Waals surface area (Å²) in [4.78, 5) is 25.0. The highest BCUT2D eigenvalue weighted by Crippen LogP contribution is 2.18. The first-order valence-corrected chi connectivity index (χ1v) is 8.45. The lowest BCUT2D eigenvalue weighted by atomic mass is 10.1. The molecule has 0 fully saturated rings. The molecule has 27 heavy (non-hydrogen) atoms. The molecule has 4 rings (SSSR count). The summed E-state index contributed by atoms with van der Waals surface area (Å²) < 4.78 is 7.80. The van der Waals surface area contributed by atoms with Gasteiger partial charge in [-0.25, -0.2) is 9.20 Å². The number of amides is 1. The smallest absolute Gasteiger partial charge is 0.293 e. The molecule has 0 aliphatic carbocycles. The number of hydrogen-bond acceptors (Lipinski definition) is 5. The Hall–Kier alpha value is -3.68.